The Kier molecular flexibility index (Phi) is 7.71. The number of aliphatic hydroxyl groups is 5. The van der Waals surface area contributed by atoms with Crippen molar-refractivity contribution in [1.29, 1.82) is 0 Å². The highest BCUT2D eigenvalue weighted by Crippen LogP contribution is 2.10. The van der Waals surface area contributed by atoms with Gasteiger partial charge in [-0.3, -0.25) is 4.55 Å². The van der Waals surface area contributed by atoms with Crippen molar-refractivity contribution in [3.05, 3.63) is 0 Å². The Bertz CT molecular complexity index is 362. The molecular formula is C9H20O9S. The molecule has 10 heteroatoms. The van der Waals surface area contributed by atoms with Gasteiger partial charge in [0.25, 0.3) is 10.1 Å². The van der Waals surface area contributed by atoms with Crippen molar-refractivity contribution in [2.45, 2.75) is 30.8 Å². The molecule has 0 aliphatic rings. The van der Waals surface area contributed by atoms with Gasteiger partial charge < -0.3 is 30.3 Å². The molecule has 0 aliphatic carbocycles. The first-order valence-corrected chi connectivity index (χ1v) is 6.91. The maximum atomic E-state index is 10.6. The Morgan fingerprint density at radius 1 is 1.11 bits per heavy atom. The van der Waals surface area contributed by atoms with Gasteiger partial charge in [-0.2, -0.15) is 8.42 Å². The van der Waals surface area contributed by atoms with Crippen LogP contribution in [0.3, 0.4) is 0 Å². The summed E-state index contributed by atoms with van der Waals surface area (Å²) in [4.78, 5) is 0. The molecule has 0 radical (unpaired) electrons. The summed E-state index contributed by atoms with van der Waals surface area (Å²) >= 11 is 0. The van der Waals surface area contributed by atoms with Crippen molar-refractivity contribution in [2.75, 3.05) is 25.5 Å². The molecule has 0 heterocycles. The average Bonchev–Trinajstić information content (AvgIpc) is 2.39. The lowest BCUT2D eigenvalue weighted by Gasteiger charge is -2.29. The first-order valence-electron chi connectivity index (χ1n) is 5.99. The van der Waals surface area contributed by atoms with Crippen LogP contribution in [0.15, 0.2) is 0 Å². The average molecular weight is 305 g/mol. The molecule has 0 spiro atoms. The number of rotatable bonds is 10. The fourth-order valence-electron chi connectivity index (χ4n) is 1.27. The van der Waals surface area contributed by atoms with E-state index >= 15 is 0 Å². The first kappa shape index (κ1) is 16.7. The summed E-state index contributed by atoms with van der Waals surface area (Å²) in [5, 5.41) is 45.7. The van der Waals surface area contributed by atoms with E-state index in [0.717, 1.165) is 0 Å². The van der Waals surface area contributed by atoms with Gasteiger partial charge in [-0.05, 0) is 6.42 Å². The van der Waals surface area contributed by atoms with Crippen LogP contribution in [0.2, 0.25) is 0 Å². The van der Waals surface area contributed by atoms with E-state index in [2.05, 4.69) is 0 Å². The third kappa shape index (κ3) is 7.74. The van der Waals surface area contributed by atoms with Crippen molar-refractivity contribution >= 4 is 10.1 Å². The smallest absolute Gasteiger partial charge is 0.264 e. The molecule has 116 valence electrons. The Hall–Kier alpha value is -0.330. The molecule has 0 saturated carbocycles. The molecule has 5 atom stereocenters. The van der Waals surface area contributed by atoms with E-state index in [1.165, 1.54) is 0 Å². The highest BCUT2D eigenvalue weighted by Gasteiger charge is 2.32. The summed E-state index contributed by atoms with van der Waals surface area (Å²) in [6.07, 6.45) is -6.88. The van der Waals surface area contributed by atoms with Crippen molar-refractivity contribution in [3.63, 3.8) is 0 Å². The van der Waals surface area contributed by atoms with Crippen molar-refractivity contribution in [2.24, 2.45) is 0 Å². The molecule has 0 saturated heterocycles. The second kappa shape index (κ2) is 8.76. The molecule has 0 bridgehead atoms. The van der Waals surface area contributed by atoms with Gasteiger partial charge in [0, 0.05) is 7.98 Å². The van der Waals surface area contributed by atoms with Gasteiger partial charge in [-0.1, -0.05) is 0 Å². The molecule has 0 aromatic heterocycles. The molecule has 0 rings (SSSR count). The van der Waals surface area contributed by atoms with Crippen molar-refractivity contribution < 1.29 is 44.6 Å². The minimum Gasteiger partial charge on any atom is -0.394 e. The minimum atomic E-state index is -4.54. The van der Waals surface area contributed by atoms with Crippen LogP contribution in [-0.4, -0.2) is 88.5 Å². The van der Waals surface area contributed by atoms with E-state index in [1.807, 2.05) is 0 Å². The summed E-state index contributed by atoms with van der Waals surface area (Å²) in [6.45, 7) is -2.06. The lowest BCUT2D eigenvalue weighted by molar-refractivity contribution is -0.148. The number of ether oxygens (including phenoxy) is 1. The number of aliphatic hydroxyl groups excluding tert-OH is 5. The Morgan fingerprint density at radius 3 is 2.05 bits per heavy atom. The van der Waals surface area contributed by atoms with Crippen LogP contribution < -0.4 is 0 Å². The van der Waals surface area contributed by atoms with Crippen LogP contribution in [0, 0.1) is 0 Å². The third-order valence-corrected chi connectivity index (χ3v) is 2.90. The van der Waals surface area contributed by atoms with Gasteiger partial charge in [0.2, 0.25) is 0 Å². The van der Waals surface area contributed by atoms with Crippen LogP contribution in [0.1, 0.15) is 7.79 Å². The monoisotopic (exact) mass is 305 g/mol. The maximum absolute atomic E-state index is 10.6. The molecule has 0 fully saturated rings. The predicted octanol–water partition coefficient (Wildman–Crippen LogP) is -3.28. The summed E-state index contributed by atoms with van der Waals surface area (Å²) in [6, 6.07) is 0. The SMILES string of the molecule is [2H]C(CCO[C@@H]([C@H](O)[C@H](O)CO)[C@@H](O)CO)S(=O)(=O)O. The second-order valence-corrected chi connectivity index (χ2v) is 5.16. The Morgan fingerprint density at radius 2 is 1.63 bits per heavy atom. The number of hydrogen-bond acceptors (Lipinski definition) is 8. The first-order chi connectivity index (χ1) is 9.15. The number of hydrogen-bond donors (Lipinski definition) is 6. The van der Waals surface area contributed by atoms with Gasteiger partial charge in [-0.25, -0.2) is 0 Å². The lowest BCUT2D eigenvalue weighted by Crippen LogP contribution is -2.48. The lowest BCUT2D eigenvalue weighted by atomic mass is 10.0. The van der Waals surface area contributed by atoms with Gasteiger partial charge in [0.15, 0.2) is 0 Å². The third-order valence-electron chi connectivity index (χ3n) is 2.24. The molecule has 0 aliphatic heterocycles. The van der Waals surface area contributed by atoms with Crippen LogP contribution in [0.25, 0.3) is 0 Å². The van der Waals surface area contributed by atoms with Crippen LogP contribution >= 0.6 is 0 Å². The summed E-state index contributed by atoms with van der Waals surface area (Å²) in [5.41, 5.74) is -1.85. The van der Waals surface area contributed by atoms with Crippen LogP contribution in [0.5, 0.6) is 0 Å². The van der Waals surface area contributed by atoms with Gasteiger partial charge in [-0.15, -0.1) is 0 Å². The van der Waals surface area contributed by atoms with E-state index in [1.54, 1.807) is 0 Å². The largest absolute Gasteiger partial charge is 0.394 e. The Labute approximate surface area is 112 Å². The van der Waals surface area contributed by atoms with E-state index < -0.39 is 66.5 Å². The minimum absolute atomic E-state index is 0.440. The fourth-order valence-corrected chi connectivity index (χ4v) is 1.66. The van der Waals surface area contributed by atoms with Gasteiger partial charge >= 0.3 is 0 Å². The molecule has 1 unspecified atom stereocenters. The molecule has 0 aromatic carbocycles. The summed E-state index contributed by atoms with van der Waals surface area (Å²) in [7, 11) is -4.54. The molecule has 0 aromatic rings. The van der Waals surface area contributed by atoms with Crippen LogP contribution in [-0.2, 0) is 14.9 Å². The van der Waals surface area contributed by atoms with Crippen molar-refractivity contribution in [1.82, 2.24) is 0 Å². The van der Waals surface area contributed by atoms with E-state index in [-0.39, 0.29) is 0 Å². The second-order valence-electron chi connectivity index (χ2n) is 3.80. The van der Waals surface area contributed by atoms with Crippen LogP contribution in [0.4, 0.5) is 0 Å². The zero-order valence-electron chi connectivity index (χ0n) is 11.0. The van der Waals surface area contributed by atoms with Gasteiger partial charge in [0.05, 0.1) is 18.9 Å². The van der Waals surface area contributed by atoms with E-state index in [4.69, 9.17) is 20.9 Å². The molecule has 19 heavy (non-hydrogen) atoms. The quantitative estimate of drug-likeness (QED) is 0.227. The normalized spacial score (nSPS) is 21.3. The van der Waals surface area contributed by atoms with E-state index in [9.17, 15) is 23.7 Å². The zero-order valence-corrected chi connectivity index (χ0v) is 10.8. The highest BCUT2D eigenvalue weighted by atomic mass is 32.2. The predicted molar refractivity (Wildman–Crippen MR) is 63.0 cm³/mol. The maximum Gasteiger partial charge on any atom is 0.264 e. The molecule has 6 N–H and O–H groups in total. The van der Waals surface area contributed by atoms with Crippen molar-refractivity contribution in [3.8, 4) is 0 Å². The summed E-state index contributed by atoms with van der Waals surface area (Å²) < 4.78 is 41.7. The van der Waals surface area contributed by atoms with Gasteiger partial charge in [0.1, 0.15) is 24.4 Å². The fraction of sp³-hybridized carbons (Fsp3) is 1.00. The molecular weight excluding hydrogens is 284 g/mol. The standard InChI is InChI=1S/C9H20O9S/c10-4-6(12)8(14)9(7(13)5-11)18-2-1-3-19(15,16)17/h6-14H,1-5H2,(H,15,16,17)/t6-,7+,8-,9-/m1/s1/i3D/t3?,6-,7+,8-,9-. The Balaban J connectivity index is 4.53. The molecule has 9 nitrogen and oxygen atoms in total. The molecule has 0 amide bonds. The summed E-state index contributed by atoms with van der Waals surface area (Å²) in [5.74, 6) is 0. The van der Waals surface area contributed by atoms with E-state index in [0.29, 0.717) is 0 Å². The zero-order chi connectivity index (χ0) is 15.9. The topological polar surface area (TPSA) is 165 Å². The highest BCUT2D eigenvalue weighted by molar-refractivity contribution is 7.85.